The monoisotopic (exact) mass is 351 g/mol. The van der Waals surface area contributed by atoms with Crippen LogP contribution in [0.25, 0.3) is 11.2 Å². The van der Waals surface area contributed by atoms with E-state index in [1.165, 1.54) is 6.42 Å². The molecule has 3 heterocycles. The number of aromatic nitrogens is 3. The van der Waals surface area contributed by atoms with Gasteiger partial charge in [-0.05, 0) is 48.2 Å². The number of halogens is 1. The molecular weight excluding hydrogens is 334 g/mol. The number of amides is 1. The van der Waals surface area contributed by atoms with Crippen molar-refractivity contribution in [3.05, 3.63) is 16.7 Å². The number of imidazole rings is 1. The van der Waals surface area contributed by atoms with Gasteiger partial charge in [0.05, 0.1) is 0 Å². The van der Waals surface area contributed by atoms with Crippen LogP contribution in [-0.2, 0) is 4.79 Å². The van der Waals surface area contributed by atoms with E-state index in [0.29, 0.717) is 17.1 Å². The van der Waals surface area contributed by atoms with Crippen LogP contribution < -0.4 is 5.73 Å². The highest BCUT2D eigenvalue weighted by Gasteiger charge is 2.26. The Balaban J connectivity index is 1.95. The van der Waals surface area contributed by atoms with Crippen LogP contribution in [0.1, 0.15) is 32.2 Å². The molecule has 0 radical (unpaired) electrons. The van der Waals surface area contributed by atoms with Gasteiger partial charge in [0.25, 0.3) is 0 Å². The summed E-state index contributed by atoms with van der Waals surface area (Å²) in [4.78, 5) is 23.2. The number of nitrogens with two attached hydrogens (primary N) is 1. The predicted octanol–water partition coefficient (Wildman–Crippen LogP) is 2.35. The Bertz CT molecular complexity index is 677. The number of fused-ring (bicyclic) bond motifs is 1. The van der Waals surface area contributed by atoms with E-state index in [1.54, 1.807) is 10.8 Å². The lowest BCUT2D eigenvalue weighted by atomic mass is 10.1. The van der Waals surface area contributed by atoms with Gasteiger partial charge in [-0.3, -0.25) is 9.36 Å². The predicted molar refractivity (Wildman–Crippen MR) is 84.8 cm³/mol. The molecule has 2 aromatic rings. The largest absolute Gasteiger partial charge is 0.369 e. The van der Waals surface area contributed by atoms with Gasteiger partial charge in [0.15, 0.2) is 5.65 Å². The van der Waals surface area contributed by atoms with Gasteiger partial charge in [-0.2, -0.15) is 0 Å². The van der Waals surface area contributed by atoms with Crippen molar-refractivity contribution < 1.29 is 4.79 Å². The number of nitrogens with zero attached hydrogens (tertiary/aromatic N) is 4. The summed E-state index contributed by atoms with van der Waals surface area (Å²) >= 11 is 3.37. The first kappa shape index (κ1) is 14.3. The fourth-order valence-corrected chi connectivity index (χ4v) is 3.17. The molecule has 2 aromatic heterocycles. The fourth-order valence-electron chi connectivity index (χ4n) is 2.85. The number of rotatable bonds is 2. The van der Waals surface area contributed by atoms with Crippen LogP contribution in [0.4, 0.5) is 5.95 Å². The normalized spacial score (nSPS) is 17.1. The number of carbonyl (C=O) groups excluding carboxylic acids is 1. The highest BCUT2D eigenvalue weighted by Crippen LogP contribution is 2.25. The van der Waals surface area contributed by atoms with E-state index >= 15 is 0 Å². The zero-order valence-electron chi connectivity index (χ0n) is 11.9. The minimum atomic E-state index is -0.387. The highest BCUT2D eigenvalue weighted by atomic mass is 79.9. The van der Waals surface area contributed by atoms with Gasteiger partial charge >= 0.3 is 0 Å². The van der Waals surface area contributed by atoms with Crippen LogP contribution in [0.5, 0.6) is 0 Å². The van der Waals surface area contributed by atoms with Crippen molar-refractivity contribution in [1.29, 1.82) is 0 Å². The van der Waals surface area contributed by atoms with E-state index in [2.05, 4.69) is 25.9 Å². The number of piperidine rings is 1. The summed E-state index contributed by atoms with van der Waals surface area (Å²) < 4.78 is 2.56. The maximum Gasteiger partial charge on any atom is 0.245 e. The number of hydrogen-bond acceptors (Lipinski definition) is 4. The summed E-state index contributed by atoms with van der Waals surface area (Å²) in [5.41, 5.74) is 7.34. The molecule has 1 atom stereocenters. The van der Waals surface area contributed by atoms with Gasteiger partial charge in [0, 0.05) is 23.8 Å². The zero-order chi connectivity index (χ0) is 15.0. The molecule has 0 aromatic carbocycles. The van der Waals surface area contributed by atoms with Gasteiger partial charge in [-0.1, -0.05) is 0 Å². The molecule has 1 saturated heterocycles. The molecule has 112 valence electrons. The molecule has 1 aliphatic heterocycles. The Morgan fingerprint density at radius 3 is 2.81 bits per heavy atom. The summed E-state index contributed by atoms with van der Waals surface area (Å²) in [6.07, 6.45) is 5.04. The Labute approximate surface area is 131 Å². The molecule has 1 aliphatic rings. The van der Waals surface area contributed by atoms with Crippen LogP contribution in [-0.4, -0.2) is 38.4 Å². The van der Waals surface area contributed by atoms with Crippen LogP contribution in [0, 0.1) is 0 Å². The Hall–Kier alpha value is -1.63. The van der Waals surface area contributed by atoms with Gasteiger partial charge in [0.2, 0.25) is 11.9 Å². The summed E-state index contributed by atoms with van der Waals surface area (Å²) in [5.74, 6) is 0.416. The number of anilines is 1. The van der Waals surface area contributed by atoms with Gasteiger partial charge in [0.1, 0.15) is 11.6 Å². The maximum absolute atomic E-state index is 12.6. The number of hydrogen-bond donors (Lipinski definition) is 1. The molecule has 0 saturated carbocycles. The molecule has 1 fully saturated rings. The second kappa shape index (κ2) is 5.63. The Kier molecular flexibility index (Phi) is 3.84. The summed E-state index contributed by atoms with van der Waals surface area (Å²) in [7, 11) is 0. The third-order valence-electron chi connectivity index (χ3n) is 3.94. The first-order valence-corrected chi connectivity index (χ1v) is 7.95. The summed E-state index contributed by atoms with van der Waals surface area (Å²) in [6.45, 7) is 3.52. The average molecular weight is 352 g/mol. The minimum Gasteiger partial charge on any atom is -0.369 e. The van der Waals surface area contributed by atoms with E-state index in [0.717, 1.165) is 30.4 Å². The Morgan fingerprint density at radius 1 is 1.38 bits per heavy atom. The smallest absolute Gasteiger partial charge is 0.245 e. The number of nitrogen functional groups attached to an aromatic ring is 1. The quantitative estimate of drug-likeness (QED) is 0.900. The summed E-state index contributed by atoms with van der Waals surface area (Å²) in [6, 6.07) is 1.47. The molecule has 6 nitrogen and oxygen atoms in total. The lowest BCUT2D eigenvalue weighted by Gasteiger charge is -2.29. The zero-order valence-corrected chi connectivity index (χ0v) is 13.5. The molecule has 0 aliphatic carbocycles. The maximum atomic E-state index is 12.6. The number of likely N-dealkylation sites (tertiary alicyclic amines) is 1. The number of carbonyl (C=O) groups is 1. The first-order chi connectivity index (χ1) is 10.1. The standard InChI is InChI=1S/C14H18BrN5O/c1-9(13(21)19-5-3-2-4-6-19)20-12-11(18-14(20)16)7-10(15)8-17-12/h7-9H,2-6H2,1H3,(H2,16,18). The van der Waals surface area contributed by atoms with Crippen LogP contribution in [0.2, 0.25) is 0 Å². The Morgan fingerprint density at radius 2 is 2.10 bits per heavy atom. The van der Waals surface area contributed by atoms with Crippen molar-refractivity contribution in [2.45, 2.75) is 32.2 Å². The van der Waals surface area contributed by atoms with Gasteiger partial charge in [-0.15, -0.1) is 0 Å². The highest BCUT2D eigenvalue weighted by molar-refractivity contribution is 9.10. The molecule has 1 unspecified atom stereocenters. The van der Waals surface area contributed by atoms with Crippen molar-refractivity contribution in [2.24, 2.45) is 0 Å². The first-order valence-electron chi connectivity index (χ1n) is 7.15. The average Bonchev–Trinajstić information content (AvgIpc) is 2.81. The van der Waals surface area contributed by atoms with Crippen LogP contribution in [0.15, 0.2) is 16.7 Å². The number of pyridine rings is 1. The molecule has 0 spiro atoms. The lowest BCUT2D eigenvalue weighted by molar-refractivity contribution is -0.135. The minimum absolute atomic E-state index is 0.0884. The van der Waals surface area contributed by atoms with Crippen LogP contribution >= 0.6 is 15.9 Å². The van der Waals surface area contributed by atoms with Gasteiger partial charge in [-0.25, -0.2) is 9.97 Å². The summed E-state index contributed by atoms with van der Waals surface area (Å²) in [5, 5.41) is 0. The second-order valence-corrected chi connectivity index (χ2v) is 6.31. The topological polar surface area (TPSA) is 77.0 Å². The molecule has 2 N–H and O–H groups in total. The van der Waals surface area contributed by atoms with E-state index in [9.17, 15) is 4.79 Å². The second-order valence-electron chi connectivity index (χ2n) is 5.40. The van der Waals surface area contributed by atoms with Crippen molar-refractivity contribution in [1.82, 2.24) is 19.4 Å². The van der Waals surface area contributed by atoms with E-state index in [4.69, 9.17) is 5.73 Å². The molecule has 0 bridgehead atoms. The van der Waals surface area contributed by atoms with E-state index < -0.39 is 0 Å². The van der Waals surface area contributed by atoms with Crippen molar-refractivity contribution in [2.75, 3.05) is 18.8 Å². The van der Waals surface area contributed by atoms with Crippen molar-refractivity contribution in [3.8, 4) is 0 Å². The lowest BCUT2D eigenvalue weighted by Crippen LogP contribution is -2.39. The van der Waals surface area contributed by atoms with E-state index in [1.807, 2.05) is 17.9 Å². The molecule has 1 amide bonds. The van der Waals surface area contributed by atoms with E-state index in [-0.39, 0.29) is 11.9 Å². The van der Waals surface area contributed by atoms with Gasteiger partial charge < -0.3 is 10.6 Å². The van der Waals surface area contributed by atoms with Crippen molar-refractivity contribution in [3.63, 3.8) is 0 Å². The van der Waals surface area contributed by atoms with Crippen molar-refractivity contribution >= 4 is 38.9 Å². The molecule has 7 heteroatoms. The third kappa shape index (κ3) is 2.62. The molecule has 3 rings (SSSR count). The van der Waals surface area contributed by atoms with Crippen LogP contribution in [0.3, 0.4) is 0 Å². The fraction of sp³-hybridized carbons (Fsp3) is 0.500. The molecular formula is C14H18BrN5O. The molecule has 21 heavy (non-hydrogen) atoms. The SMILES string of the molecule is CC(C(=O)N1CCCCC1)n1c(N)nc2cc(Br)cnc21. The third-order valence-corrected chi connectivity index (χ3v) is 4.37.